The van der Waals surface area contributed by atoms with E-state index in [1.165, 1.54) is 11.1 Å². The highest BCUT2D eigenvalue weighted by Gasteiger charge is 2.32. The highest BCUT2D eigenvalue weighted by molar-refractivity contribution is 5.15. The van der Waals surface area contributed by atoms with Gasteiger partial charge in [0.1, 0.15) is 0 Å². The summed E-state index contributed by atoms with van der Waals surface area (Å²) in [6, 6.07) is 21.7. The Morgan fingerprint density at radius 2 is 1.48 bits per heavy atom. The zero-order valence-electron chi connectivity index (χ0n) is 12.6. The highest BCUT2D eigenvalue weighted by Crippen LogP contribution is 2.29. The normalized spacial score (nSPS) is 21.2. The van der Waals surface area contributed by atoms with Gasteiger partial charge in [-0.2, -0.15) is 0 Å². The maximum absolute atomic E-state index is 5.97. The largest absolute Gasteiger partial charge is 0.373 e. The van der Waals surface area contributed by atoms with Crippen LogP contribution >= 0.6 is 0 Å². The van der Waals surface area contributed by atoms with E-state index in [2.05, 4.69) is 66.5 Å². The van der Waals surface area contributed by atoms with Gasteiger partial charge in [-0.15, -0.1) is 0 Å². The molecule has 1 aliphatic carbocycles. The van der Waals surface area contributed by atoms with E-state index >= 15 is 0 Å². The number of benzene rings is 2. The number of nitrogens with zero attached hydrogens (tertiary/aromatic N) is 1. The van der Waals surface area contributed by atoms with Crippen LogP contribution in [0.15, 0.2) is 60.7 Å². The first-order valence-corrected chi connectivity index (χ1v) is 7.71. The van der Waals surface area contributed by atoms with Gasteiger partial charge in [-0.3, -0.25) is 4.90 Å². The van der Waals surface area contributed by atoms with E-state index < -0.39 is 0 Å². The van der Waals surface area contributed by atoms with E-state index in [1.54, 1.807) is 0 Å². The molecule has 0 bridgehead atoms. The van der Waals surface area contributed by atoms with Crippen LogP contribution in [0, 0.1) is 0 Å². The second-order valence-electron chi connectivity index (χ2n) is 5.94. The minimum atomic E-state index is 0.424. The van der Waals surface area contributed by atoms with Crippen molar-refractivity contribution in [2.75, 3.05) is 7.05 Å². The smallest absolute Gasteiger partial charge is 0.0720 e. The van der Waals surface area contributed by atoms with E-state index in [9.17, 15) is 0 Å². The van der Waals surface area contributed by atoms with Gasteiger partial charge in [0.15, 0.2) is 0 Å². The predicted octanol–water partition coefficient (Wildman–Crippen LogP) is 3.87. The number of rotatable bonds is 6. The second-order valence-corrected chi connectivity index (χ2v) is 5.94. The standard InChI is InChI=1S/C19H23NO/c1-20(14-16-8-4-2-5-9-16)18-12-19(13-18)21-15-17-10-6-3-7-11-17/h2-11,18-19H,12-15H2,1H3. The lowest BCUT2D eigenvalue weighted by molar-refractivity contribution is -0.0551. The molecule has 21 heavy (non-hydrogen) atoms. The molecule has 0 unspecified atom stereocenters. The van der Waals surface area contributed by atoms with Crippen LogP contribution in [0.3, 0.4) is 0 Å². The van der Waals surface area contributed by atoms with Gasteiger partial charge in [0.05, 0.1) is 12.7 Å². The molecular formula is C19H23NO. The molecule has 2 aromatic rings. The van der Waals surface area contributed by atoms with Crippen LogP contribution in [0.4, 0.5) is 0 Å². The molecule has 1 saturated carbocycles. The van der Waals surface area contributed by atoms with E-state index in [-0.39, 0.29) is 0 Å². The summed E-state index contributed by atoms with van der Waals surface area (Å²) in [6.07, 6.45) is 2.72. The van der Waals surface area contributed by atoms with Crippen LogP contribution < -0.4 is 0 Å². The maximum Gasteiger partial charge on any atom is 0.0720 e. The average Bonchev–Trinajstić information content (AvgIpc) is 2.47. The highest BCUT2D eigenvalue weighted by atomic mass is 16.5. The fourth-order valence-electron chi connectivity index (χ4n) is 2.82. The molecule has 0 aromatic heterocycles. The van der Waals surface area contributed by atoms with Crippen LogP contribution in [0.1, 0.15) is 24.0 Å². The lowest BCUT2D eigenvalue weighted by Gasteiger charge is -2.41. The zero-order valence-corrected chi connectivity index (χ0v) is 12.6. The fourth-order valence-corrected chi connectivity index (χ4v) is 2.82. The molecule has 0 N–H and O–H groups in total. The van der Waals surface area contributed by atoms with Crippen molar-refractivity contribution < 1.29 is 4.74 Å². The Morgan fingerprint density at radius 1 is 0.905 bits per heavy atom. The zero-order chi connectivity index (χ0) is 14.5. The van der Waals surface area contributed by atoms with Crippen LogP contribution in [0.2, 0.25) is 0 Å². The molecule has 0 atom stereocenters. The molecule has 0 saturated heterocycles. The molecular weight excluding hydrogens is 258 g/mol. The van der Waals surface area contributed by atoms with Gasteiger partial charge in [0.2, 0.25) is 0 Å². The Kier molecular flexibility index (Phi) is 4.69. The summed E-state index contributed by atoms with van der Waals surface area (Å²) in [5, 5.41) is 0. The quantitative estimate of drug-likeness (QED) is 0.797. The van der Waals surface area contributed by atoms with Gasteiger partial charge in [0.25, 0.3) is 0 Å². The van der Waals surface area contributed by atoms with Crippen molar-refractivity contribution in [1.82, 2.24) is 4.90 Å². The molecule has 1 fully saturated rings. The van der Waals surface area contributed by atoms with Gasteiger partial charge in [-0.1, -0.05) is 60.7 Å². The van der Waals surface area contributed by atoms with E-state index in [1.807, 2.05) is 6.07 Å². The van der Waals surface area contributed by atoms with Crippen molar-refractivity contribution in [3.8, 4) is 0 Å². The first-order chi connectivity index (χ1) is 10.3. The molecule has 0 aliphatic heterocycles. The van der Waals surface area contributed by atoms with Crippen molar-refractivity contribution in [3.63, 3.8) is 0 Å². The Morgan fingerprint density at radius 3 is 2.10 bits per heavy atom. The second kappa shape index (κ2) is 6.88. The van der Waals surface area contributed by atoms with Crippen LogP contribution in [0.5, 0.6) is 0 Å². The van der Waals surface area contributed by atoms with Crippen molar-refractivity contribution in [2.24, 2.45) is 0 Å². The third-order valence-electron chi connectivity index (χ3n) is 4.30. The summed E-state index contributed by atoms with van der Waals surface area (Å²) in [5.74, 6) is 0. The maximum atomic E-state index is 5.97. The van der Waals surface area contributed by atoms with E-state index in [0.29, 0.717) is 12.1 Å². The first kappa shape index (κ1) is 14.3. The predicted molar refractivity (Wildman–Crippen MR) is 86.0 cm³/mol. The average molecular weight is 281 g/mol. The van der Waals surface area contributed by atoms with E-state index in [0.717, 1.165) is 26.0 Å². The number of hydrogen-bond acceptors (Lipinski definition) is 2. The SMILES string of the molecule is CN(Cc1ccccc1)C1CC(OCc2ccccc2)C1. The molecule has 3 rings (SSSR count). The topological polar surface area (TPSA) is 12.5 Å². The minimum Gasteiger partial charge on any atom is -0.373 e. The monoisotopic (exact) mass is 281 g/mol. The molecule has 2 heteroatoms. The molecule has 2 aromatic carbocycles. The van der Waals surface area contributed by atoms with Crippen LogP contribution in [0.25, 0.3) is 0 Å². The molecule has 110 valence electrons. The van der Waals surface area contributed by atoms with Gasteiger partial charge in [-0.05, 0) is 31.0 Å². The molecule has 2 nitrogen and oxygen atoms in total. The number of hydrogen-bond donors (Lipinski definition) is 0. The molecule has 1 aliphatic rings. The van der Waals surface area contributed by atoms with Gasteiger partial charge < -0.3 is 4.74 Å². The summed E-state index contributed by atoms with van der Waals surface area (Å²) in [4.78, 5) is 2.44. The number of ether oxygens (including phenoxy) is 1. The molecule has 0 spiro atoms. The summed E-state index contributed by atoms with van der Waals surface area (Å²) in [5.41, 5.74) is 2.65. The summed E-state index contributed by atoms with van der Waals surface area (Å²) in [6.45, 7) is 1.76. The Hall–Kier alpha value is -1.64. The lowest BCUT2D eigenvalue weighted by Crippen LogP contribution is -2.45. The lowest BCUT2D eigenvalue weighted by atomic mass is 9.88. The van der Waals surface area contributed by atoms with Gasteiger partial charge >= 0.3 is 0 Å². The summed E-state index contributed by atoms with van der Waals surface area (Å²) in [7, 11) is 2.21. The summed E-state index contributed by atoms with van der Waals surface area (Å²) < 4.78 is 5.97. The van der Waals surface area contributed by atoms with Crippen LogP contribution in [-0.2, 0) is 17.9 Å². The van der Waals surface area contributed by atoms with Crippen LogP contribution in [-0.4, -0.2) is 24.1 Å². The van der Waals surface area contributed by atoms with Gasteiger partial charge in [0, 0.05) is 12.6 Å². The summed E-state index contributed by atoms with van der Waals surface area (Å²) >= 11 is 0. The third-order valence-corrected chi connectivity index (χ3v) is 4.30. The molecule has 0 radical (unpaired) electrons. The van der Waals surface area contributed by atoms with Gasteiger partial charge in [-0.25, -0.2) is 0 Å². The first-order valence-electron chi connectivity index (χ1n) is 7.71. The molecule has 0 amide bonds. The minimum absolute atomic E-state index is 0.424. The Labute approximate surface area is 127 Å². The van der Waals surface area contributed by atoms with Crippen molar-refractivity contribution >= 4 is 0 Å². The molecule has 0 heterocycles. The van der Waals surface area contributed by atoms with Crippen molar-refractivity contribution in [2.45, 2.75) is 38.1 Å². The third kappa shape index (κ3) is 3.93. The van der Waals surface area contributed by atoms with Crippen molar-refractivity contribution in [3.05, 3.63) is 71.8 Å². The Balaban J connectivity index is 1.39. The van der Waals surface area contributed by atoms with E-state index in [4.69, 9.17) is 4.74 Å². The Bertz CT molecular complexity index is 534. The fraction of sp³-hybridized carbons (Fsp3) is 0.368. The van der Waals surface area contributed by atoms with Crippen molar-refractivity contribution in [1.29, 1.82) is 0 Å².